The first-order valence-electron chi connectivity index (χ1n) is 9.97. The summed E-state index contributed by atoms with van der Waals surface area (Å²) in [5.41, 5.74) is 3.84. The summed E-state index contributed by atoms with van der Waals surface area (Å²) >= 11 is 6.04. The molecule has 0 saturated heterocycles. The largest absolute Gasteiger partial charge is 0.351 e. The zero-order chi connectivity index (χ0) is 21.4. The predicted molar refractivity (Wildman–Crippen MR) is 120 cm³/mol. The average molecular weight is 431 g/mol. The van der Waals surface area contributed by atoms with Crippen molar-refractivity contribution >= 4 is 40.0 Å². The van der Waals surface area contributed by atoms with Crippen molar-refractivity contribution < 1.29 is 9.59 Å². The van der Waals surface area contributed by atoms with Crippen molar-refractivity contribution in [3.8, 4) is 0 Å². The molecule has 6 nitrogen and oxygen atoms in total. The van der Waals surface area contributed by atoms with Gasteiger partial charge in [0, 0.05) is 34.2 Å². The first-order chi connectivity index (χ1) is 15.1. The topological polar surface area (TPSA) is 78.1 Å². The summed E-state index contributed by atoms with van der Waals surface area (Å²) in [7, 11) is 0. The molecule has 0 bridgehead atoms. The van der Waals surface area contributed by atoms with Gasteiger partial charge >= 0.3 is 0 Å². The number of anilines is 1. The number of nitrogens with zero attached hydrogens (tertiary/aromatic N) is 2. The second-order valence-corrected chi connectivity index (χ2v) is 7.96. The van der Waals surface area contributed by atoms with Gasteiger partial charge in [0.25, 0.3) is 5.91 Å². The normalized spacial score (nSPS) is 15.7. The lowest BCUT2D eigenvalue weighted by atomic mass is 9.96. The van der Waals surface area contributed by atoms with Crippen molar-refractivity contribution in [3.63, 3.8) is 0 Å². The van der Waals surface area contributed by atoms with Gasteiger partial charge in [-0.15, -0.1) is 0 Å². The molecular weight excluding hydrogens is 412 g/mol. The number of hydrogen-bond donors (Lipinski definition) is 2. The fourth-order valence-corrected chi connectivity index (χ4v) is 4.13. The number of amides is 2. The molecule has 4 aromatic rings. The van der Waals surface area contributed by atoms with E-state index in [1.165, 1.54) is 0 Å². The second-order valence-electron chi connectivity index (χ2n) is 7.52. The maximum absolute atomic E-state index is 13.3. The zero-order valence-electron chi connectivity index (χ0n) is 16.5. The Bertz CT molecular complexity index is 1290. The number of carbonyl (C=O) groups excluding carboxylic acids is 2. The number of nitrogens with one attached hydrogen (secondary N) is 2. The number of benzene rings is 2. The molecule has 3 heterocycles. The molecule has 1 aliphatic heterocycles. The Labute approximate surface area is 183 Å². The summed E-state index contributed by atoms with van der Waals surface area (Å²) < 4.78 is 0. The number of rotatable bonds is 4. The van der Waals surface area contributed by atoms with E-state index in [0.717, 1.165) is 27.8 Å². The van der Waals surface area contributed by atoms with E-state index in [2.05, 4.69) is 15.3 Å². The van der Waals surface area contributed by atoms with Crippen molar-refractivity contribution in [2.45, 2.75) is 19.0 Å². The molecule has 5 rings (SSSR count). The summed E-state index contributed by atoms with van der Waals surface area (Å²) in [4.78, 5) is 35.4. The van der Waals surface area contributed by atoms with Crippen LogP contribution in [-0.4, -0.2) is 27.8 Å². The molecule has 0 radical (unpaired) electrons. The quantitative estimate of drug-likeness (QED) is 0.511. The molecule has 1 atom stereocenters. The van der Waals surface area contributed by atoms with Crippen LogP contribution in [0.25, 0.3) is 10.9 Å². The highest BCUT2D eigenvalue weighted by Crippen LogP contribution is 2.29. The smallest absolute Gasteiger partial charge is 0.268 e. The van der Waals surface area contributed by atoms with Crippen molar-refractivity contribution in [1.29, 1.82) is 0 Å². The minimum Gasteiger partial charge on any atom is -0.351 e. The number of halogens is 1. The number of hydrogen-bond acceptors (Lipinski definition) is 3. The third-order valence-electron chi connectivity index (χ3n) is 5.45. The van der Waals surface area contributed by atoms with E-state index in [0.29, 0.717) is 23.7 Å². The summed E-state index contributed by atoms with van der Waals surface area (Å²) in [6.45, 7) is 0.341. The summed E-state index contributed by atoms with van der Waals surface area (Å²) in [5.74, 6) is -0.486. The predicted octanol–water partition coefficient (Wildman–Crippen LogP) is 4.10. The van der Waals surface area contributed by atoms with Crippen LogP contribution >= 0.6 is 11.6 Å². The fraction of sp³-hybridized carbons (Fsp3) is 0.125. The molecule has 0 saturated carbocycles. The van der Waals surface area contributed by atoms with Gasteiger partial charge in [-0.3, -0.25) is 14.6 Å². The van der Waals surface area contributed by atoms with E-state index in [9.17, 15) is 9.59 Å². The Kier molecular flexibility index (Phi) is 4.92. The summed E-state index contributed by atoms with van der Waals surface area (Å²) in [6.07, 6.45) is 2.14. The van der Waals surface area contributed by atoms with E-state index in [4.69, 9.17) is 11.6 Å². The fourth-order valence-electron chi connectivity index (χ4n) is 3.95. The number of fused-ring (bicyclic) bond motifs is 2. The van der Waals surface area contributed by atoms with Gasteiger partial charge in [0.15, 0.2) is 0 Å². The molecule has 0 aliphatic carbocycles. The molecule has 154 valence electrons. The van der Waals surface area contributed by atoms with Gasteiger partial charge < -0.3 is 15.2 Å². The van der Waals surface area contributed by atoms with Gasteiger partial charge in [-0.1, -0.05) is 35.9 Å². The maximum Gasteiger partial charge on any atom is 0.268 e. The van der Waals surface area contributed by atoms with Crippen LogP contribution in [0.3, 0.4) is 0 Å². The van der Waals surface area contributed by atoms with Crippen LogP contribution in [0.2, 0.25) is 5.02 Å². The van der Waals surface area contributed by atoms with Crippen molar-refractivity contribution in [3.05, 3.63) is 94.9 Å². The van der Waals surface area contributed by atoms with Crippen LogP contribution in [0.5, 0.6) is 0 Å². The molecule has 0 spiro atoms. The molecule has 2 amide bonds. The van der Waals surface area contributed by atoms with Crippen molar-refractivity contribution in [1.82, 2.24) is 15.3 Å². The monoisotopic (exact) mass is 430 g/mol. The highest BCUT2D eigenvalue weighted by atomic mass is 35.5. The molecule has 2 N–H and O–H groups in total. The zero-order valence-corrected chi connectivity index (χ0v) is 17.3. The Balaban J connectivity index is 1.42. The minimum absolute atomic E-state index is 0.156. The molecule has 7 heteroatoms. The van der Waals surface area contributed by atoms with Crippen LogP contribution in [0.15, 0.2) is 72.9 Å². The summed E-state index contributed by atoms with van der Waals surface area (Å²) in [6, 6.07) is 19.8. The second kappa shape index (κ2) is 7.89. The van der Waals surface area contributed by atoms with E-state index in [-0.39, 0.29) is 11.8 Å². The number of aromatic nitrogens is 2. The third-order valence-corrected chi connectivity index (χ3v) is 5.68. The number of aromatic amines is 1. The summed E-state index contributed by atoms with van der Waals surface area (Å²) in [5, 5.41) is 4.34. The van der Waals surface area contributed by atoms with Gasteiger partial charge in [-0.2, -0.15) is 0 Å². The Hall–Kier alpha value is -3.64. The molecule has 31 heavy (non-hydrogen) atoms. The highest BCUT2D eigenvalue weighted by molar-refractivity contribution is 6.31. The highest BCUT2D eigenvalue weighted by Gasteiger charge is 2.34. The molecule has 0 fully saturated rings. The molecule has 0 unspecified atom stereocenters. The van der Waals surface area contributed by atoms with Crippen LogP contribution < -0.4 is 10.2 Å². The number of para-hydroxylation sites is 1. The van der Waals surface area contributed by atoms with E-state index in [1.807, 2.05) is 48.5 Å². The number of H-pyrrole nitrogens is 1. The lowest BCUT2D eigenvalue weighted by Gasteiger charge is -2.34. The molecule has 1 aliphatic rings. The van der Waals surface area contributed by atoms with Crippen molar-refractivity contribution in [2.24, 2.45) is 0 Å². The SMILES string of the molecule is O=C(N[C@H]1Cc2ccccc2N(Cc2ccccn2)C1=O)c1cc2cc(Cl)ccc2[nH]1. The Morgan fingerprint density at radius 1 is 1.13 bits per heavy atom. The standard InChI is InChI=1S/C24H19ClN4O2/c25-17-8-9-19-16(11-17)13-20(27-19)23(30)28-21-12-15-5-1-2-7-22(15)29(24(21)31)14-18-6-3-4-10-26-18/h1-11,13,21,27H,12,14H2,(H,28,30)/t21-/m0/s1. The van der Waals surface area contributed by atoms with Crippen LogP contribution in [-0.2, 0) is 17.8 Å². The van der Waals surface area contributed by atoms with Crippen LogP contribution in [0.1, 0.15) is 21.7 Å². The molecular formula is C24H19ClN4O2. The molecule has 2 aromatic carbocycles. The van der Waals surface area contributed by atoms with Gasteiger partial charge in [0.05, 0.1) is 12.2 Å². The van der Waals surface area contributed by atoms with Gasteiger partial charge in [-0.05, 0) is 48.0 Å². The van der Waals surface area contributed by atoms with Crippen LogP contribution in [0, 0.1) is 0 Å². The first kappa shape index (κ1) is 19.3. The van der Waals surface area contributed by atoms with E-state index < -0.39 is 6.04 Å². The number of pyridine rings is 1. The van der Waals surface area contributed by atoms with Gasteiger partial charge in [0.1, 0.15) is 11.7 Å². The Morgan fingerprint density at radius 2 is 1.97 bits per heavy atom. The van der Waals surface area contributed by atoms with Gasteiger partial charge in [-0.25, -0.2) is 0 Å². The van der Waals surface area contributed by atoms with Gasteiger partial charge in [0.2, 0.25) is 5.91 Å². The Morgan fingerprint density at radius 3 is 2.81 bits per heavy atom. The maximum atomic E-state index is 13.3. The van der Waals surface area contributed by atoms with Crippen molar-refractivity contribution in [2.75, 3.05) is 4.90 Å². The molecule has 2 aromatic heterocycles. The minimum atomic E-state index is -0.666. The first-order valence-corrected chi connectivity index (χ1v) is 10.3. The average Bonchev–Trinajstić information content (AvgIpc) is 3.21. The van der Waals surface area contributed by atoms with Crippen LogP contribution in [0.4, 0.5) is 5.69 Å². The lowest BCUT2D eigenvalue weighted by Crippen LogP contribution is -2.52. The third kappa shape index (κ3) is 3.78. The number of carbonyl (C=O) groups is 2. The lowest BCUT2D eigenvalue weighted by molar-refractivity contribution is -0.121. The van der Waals surface area contributed by atoms with E-state index in [1.54, 1.807) is 29.3 Å². The van der Waals surface area contributed by atoms with E-state index >= 15 is 0 Å².